The Morgan fingerprint density at radius 2 is 1.72 bits per heavy atom. The van der Waals surface area contributed by atoms with Crippen molar-refractivity contribution in [2.75, 3.05) is 4.72 Å². The summed E-state index contributed by atoms with van der Waals surface area (Å²) in [4.78, 5) is 10.9. The number of halogens is 3. The Labute approximate surface area is 159 Å². The van der Waals surface area contributed by atoms with Crippen LogP contribution < -0.4 is 10.2 Å². The predicted molar refractivity (Wildman–Crippen MR) is 97.7 cm³/mol. The van der Waals surface area contributed by atoms with Crippen molar-refractivity contribution in [1.82, 2.24) is 5.48 Å². The van der Waals surface area contributed by atoms with Crippen LogP contribution >= 0.6 is 34.8 Å². The van der Waals surface area contributed by atoms with Crippen LogP contribution in [0.1, 0.15) is 5.56 Å². The summed E-state index contributed by atoms with van der Waals surface area (Å²) in [6, 6.07) is 8.50. The number of hydrogen-bond donors (Lipinski definition) is 3. The van der Waals surface area contributed by atoms with E-state index < -0.39 is 15.9 Å². The highest BCUT2D eigenvalue weighted by atomic mass is 35.5. The Bertz CT molecular complexity index is 923. The number of amides is 1. The lowest BCUT2D eigenvalue weighted by Gasteiger charge is -2.10. The van der Waals surface area contributed by atoms with Crippen LogP contribution in [-0.2, 0) is 14.8 Å². The van der Waals surface area contributed by atoms with Crippen molar-refractivity contribution in [3.63, 3.8) is 0 Å². The second-order valence-corrected chi connectivity index (χ2v) is 7.62. The lowest BCUT2D eigenvalue weighted by atomic mass is 10.2. The van der Waals surface area contributed by atoms with Gasteiger partial charge in [-0.3, -0.25) is 14.7 Å². The Morgan fingerprint density at radius 1 is 1.08 bits per heavy atom. The number of hydrogen-bond acceptors (Lipinski definition) is 4. The smallest absolute Gasteiger partial charge is 0.267 e. The summed E-state index contributed by atoms with van der Waals surface area (Å²) >= 11 is 17.6. The second kappa shape index (κ2) is 8.07. The Morgan fingerprint density at radius 3 is 2.32 bits per heavy atom. The van der Waals surface area contributed by atoms with Crippen molar-refractivity contribution in [3.05, 3.63) is 63.1 Å². The first-order valence-electron chi connectivity index (χ1n) is 6.62. The maximum Gasteiger partial charge on any atom is 0.267 e. The van der Waals surface area contributed by atoms with Crippen LogP contribution in [-0.4, -0.2) is 19.5 Å². The number of hydroxylamine groups is 1. The van der Waals surface area contributed by atoms with Gasteiger partial charge in [-0.1, -0.05) is 46.9 Å². The summed E-state index contributed by atoms with van der Waals surface area (Å²) in [6.45, 7) is 0. The highest BCUT2D eigenvalue weighted by Gasteiger charge is 2.16. The highest BCUT2D eigenvalue weighted by molar-refractivity contribution is 7.92. The van der Waals surface area contributed by atoms with Gasteiger partial charge in [0.1, 0.15) is 0 Å². The summed E-state index contributed by atoms with van der Waals surface area (Å²) in [6.07, 6.45) is 2.40. The van der Waals surface area contributed by atoms with Crippen LogP contribution in [0.3, 0.4) is 0 Å². The van der Waals surface area contributed by atoms with E-state index in [4.69, 9.17) is 40.0 Å². The zero-order valence-electron chi connectivity index (χ0n) is 12.3. The first-order valence-corrected chi connectivity index (χ1v) is 9.24. The molecule has 0 saturated carbocycles. The second-order valence-electron chi connectivity index (χ2n) is 4.74. The molecule has 2 aromatic carbocycles. The molecule has 6 nitrogen and oxygen atoms in total. The van der Waals surface area contributed by atoms with Crippen LogP contribution in [0.15, 0.2) is 47.4 Å². The highest BCUT2D eigenvalue weighted by Crippen LogP contribution is 2.33. The van der Waals surface area contributed by atoms with Crippen molar-refractivity contribution in [2.24, 2.45) is 0 Å². The van der Waals surface area contributed by atoms with Crippen molar-refractivity contribution in [3.8, 4) is 0 Å². The largest absolute Gasteiger partial charge is 0.288 e. The molecule has 10 heteroatoms. The molecule has 0 radical (unpaired) electrons. The molecular formula is C15H11Cl3N2O4S. The maximum absolute atomic E-state index is 12.5. The molecule has 0 fully saturated rings. The van der Waals surface area contributed by atoms with E-state index in [0.29, 0.717) is 5.56 Å². The molecule has 0 aromatic heterocycles. The van der Waals surface area contributed by atoms with Crippen molar-refractivity contribution < 1.29 is 18.4 Å². The van der Waals surface area contributed by atoms with Gasteiger partial charge >= 0.3 is 0 Å². The monoisotopic (exact) mass is 420 g/mol. The zero-order valence-corrected chi connectivity index (χ0v) is 15.4. The molecule has 3 N–H and O–H groups in total. The number of carbonyl (C=O) groups is 1. The molecule has 0 bridgehead atoms. The van der Waals surface area contributed by atoms with Crippen LogP contribution in [0.25, 0.3) is 6.08 Å². The Balaban J connectivity index is 2.31. The molecular weight excluding hydrogens is 411 g/mol. The molecule has 132 valence electrons. The zero-order chi connectivity index (χ0) is 18.6. The van der Waals surface area contributed by atoms with Crippen molar-refractivity contribution in [2.45, 2.75) is 4.90 Å². The third-order valence-corrected chi connectivity index (χ3v) is 5.52. The Kier molecular flexibility index (Phi) is 6.31. The van der Waals surface area contributed by atoms with Crippen molar-refractivity contribution in [1.29, 1.82) is 0 Å². The number of nitrogens with one attached hydrogen (secondary N) is 2. The lowest BCUT2D eigenvalue weighted by molar-refractivity contribution is -0.124. The number of rotatable bonds is 5. The van der Waals surface area contributed by atoms with Crippen LogP contribution in [0.2, 0.25) is 15.1 Å². The lowest BCUT2D eigenvalue weighted by Crippen LogP contribution is -2.15. The fourth-order valence-corrected chi connectivity index (χ4v) is 3.51. The van der Waals surface area contributed by atoms with Gasteiger partial charge in [-0.25, -0.2) is 13.9 Å². The maximum atomic E-state index is 12.5. The molecule has 0 atom stereocenters. The molecule has 0 aliphatic carbocycles. The van der Waals surface area contributed by atoms with Gasteiger partial charge < -0.3 is 0 Å². The topological polar surface area (TPSA) is 95.5 Å². The van der Waals surface area contributed by atoms with Gasteiger partial charge in [-0.05, 0) is 35.9 Å². The van der Waals surface area contributed by atoms with Gasteiger partial charge in [0.2, 0.25) is 0 Å². The van der Waals surface area contributed by atoms with E-state index in [1.165, 1.54) is 41.9 Å². The fourth-order valence-electron chi connectivity index (χ4n) is 1.82. The fraction of sp³-hybridized carbons (Fsp3) is 0. The molecule has 0 spiro atoms. The van der Waals surface area contributed by atoms with Crippen molar-refractivity contribution >= 4 is 62.5 Å². The first-order chi connectivity index (χ1) is 11.7. The van der Waals surface area contributed by atoms with Gasteiger partial charge in [-0.2, -0.15) is 0 Å². The van der Waals surface area contributed by atoms with E-state index >= 15 is 0 Å². The summed E-state index contributed by atoms with van der Waals surface area (Å²) in [5.41, 5.74) is 2.03. The van der Waals surface area contributed by atoms with Crippen LogP contribution in [0.5, 0.6) is 0 Å². The average molecular weight is 422 g/mol. The van der Waals surface area contributed by atoms with E-state index in [1.807, 2.05) is 0 Å². The third-order valence-electron chi connectivity index (χ3n) is 2.94. The van der Waals surface area contributed by atoms with Gasteiger partial charge in [0.15, 0.2) is 0 Å². The summed E-state index contributed by atoms with van der Waals surface area (Å²) in [5.74, 6) is -0.739. The molecule has 0 saturated heterocycles. The van der Waals surface area contributed by atoms with Gasteiger partial charge in [-0.15, -0.1) is 0 Å². The Hall–Kier alpha value is -1.77. The van der Waals surface area contributed by atoms with E-state index in [-0.39, 0.29) is 25.7 Å². The molecule has 1 amide bonds. The first kappa shape index (κ1) is 19.6. The van der Waals surface area contributed by atoms with E-state index in [9.17, 15) is 13.2 Å². The van der Waals surface area contributed by atoms with E-state index in [2.05, 4.69) is 4.72 Å². The predicted octanol–water partition coefficient (Wildman–Crippen LogP) is 3.97. The normalized spacial score (nSPS) is 11.5. The molecule has 2 rings (SSSR count). The van der Waals surface area contributed by atoms with Gasteiger partial charge in [0.25, 0.3) is 15.9 Å². The molecule has 0 heterocycles. The number of sulfonamides is 1. The van der Waals surface area contributed by atoms with E-state index in [1.54, 1.807) is 6.07 Å². The van der Waals surface area contributed by atoms with Gasteiger partial charge in [0.05, 0.1) is 25.7 Å². The van der Waals surface area contributed by atoms with Gasteiger partial charge in [0, 0.05) is 6.08 Å². The molecule has 0 aliphatic rings. The standard InChI is InChI=1S/C15H11Cl3N2O4S/c16-12-7-10(8-13(17)15(12)18)20-25(23,24)11-3-1-2-9(6-11)4-5-14(21)19-22/h1-8,20,22H,(H,19,21). The SMILES string of the molecule is O=C(C=Cc1cccc(S(=O)(=O)Nc2cc(Cl)c(Cl)c(Cl)c2)c1)NO. The van der Waals surface area contributed by atoms with Crippen LogP contribution in [0.4, 0.5) is 5.69 Å². The minimum absolute atomic E-state index is 0.0405. The van der Waals surface area contributed by atoms with Crippen LogP contribution in [0, 0.1) is 0 Å². The number of anilines is 1. The minimum Gasteiger partial charge on any atom is -0.288 e. The summed E-state index contributed by atoms with van der Waals surface area (Å²) < 4.78 is 27.3. The minimum atomic E-state index is -3.92. The number of benzene rings is 2. The molecule has 25 heavy (non-hydrogen) atoms. The molecule has 0 unspecified atom stereocenters. The van der Waals surface area contributed by atoms with E-state index in [0.717, 1.165) is 6.08 Å². The summed E-state index contributed by atoms with van der Waals surface area (Å²) in [5, 5.41) is 8.78. The average Bonchev–Trinajstić information content (AvgIpc) is 2.57. The number of carbonyl (C=O) groups excluding carboxylic acids is 1. The molecule has 2 aromatic rings. The molecule has 0 aliphatic heterocycles. The third kappa shape index (κ3) is 5.10. The quantitative estimate of drug-likeness (QED) is 0.295. The summed E-state index contributed by atoms with van der Waals surface area (Å²) in [7, 11) is -3.92.